The van der Waals surface area contributed by atoms with Gasteiger partial charge in [0.1, 0.15) is 11.5 Å². The third-order valence-electron chi connectivity index (χ3n) is 2.14. The average Bonchev–Trinajstić information content (AvgIpc) is 2.25. The molecule has 0 aliphatic heterocycles. The largest absolute Gasteiger partial charge is 0.382 e. The first-order valence-corrected chi connectivity index (χ1v) is 4.29. The molecule has 16 heavy (non-hydrogen) atoms. The Bertz CT molecular complexity index is 595. The molecule has 0 radical (unpaired) electrons. The third kappa shape index (κ3) is 1.39. The van der Waals surface area contributed by atoms with Crippen LogP contribution < -0.4 is 5.73 Å². The normalized spacial score (nSPS) is 10.7. The number of benzene rings is 1. The number of hydrogen-bond donors (Lipinski definition) is 2. The van der Waals surface area contributed by atoms with Gasteiger partial charge in [-0.3, -0.25) is 10.4 Å². The van der Waals surface area contributed by atoms with E-state index < -0.39 is 23.3 Å². The standard InChI is InChI=1S/C10H6F3N3/c11-5-3-4-1-2-16-9(10(14)15)6(4)8(13)7(5)12/h1-3H,(H3,14,15). The van der Waals surface area contributed by atoms with Crippen molar-refractivity contribution >= 4 is 16.6 Å². The topological polar surface area (TPSA) is 62.8 Å². The molecule has 6 heteroatoms. The number of nitrogen functional groups attached to an aromatic ring is 1. The van der Waals surface area contributed by atoms with E-state index in [0.29, 0.717) is 0 Å². The van der Waals surface area contributed by atoms with Gasteiger partial charge in [0.25, 0.3) is 0 Å². The summed E-state index contributed by atoms with van der Waals surface area (Å²) in [6.45, 7) is 0. The fraction of sp³-hybridized carbons (Fsp3) is 0. The number of nitrogens with one attached hydrogen (secondary N) is 1. The minimum absolute atomic E-state index is 0.108. The maximum atomic E-state index is 13.5. The molecular formula is C10H6F3N3. The molecule has 0 atom stereocenters. The molecule has 0 unspecified atom stereocenters. The van der Waals surface area contributed by atoms with Crippen LogP contribution in [0.4, 0.5) is 13.2 Å². The molecule has 2 rings (SSSR count). The van der Waals surface area contributed by atoms with E-state index in [0.717, 1.165) is 6.07 Å². The molecule has 0 saturated carbocycles. The second-order valence-corrected chi connectivity index (χ2v) is 3.16. The van der Waals surface area contributed by atoms with Gasteiger partial charge >= 0.3 is 0 Å². The summed E-state index contributed by atoms with van der Waals surface area (Å²) >= 11 is 0. The van der Waals surface area contributed by atoms with Gasteiger partial charge in [-0.2, -0.15) is 0 Å². The Morgan fingerprint density at radius 1 is 1.25 bits per heavy atom. The van der Waals surface area contributed by atoms with Crippen molar-refractivity contribution in [3.05, 3.63) is 41.5 Å². The van der Waals surface area contributed by atoms with E-state index in [2.05, 4.69) is 4.98 Å². The van der Waals surface area contributed by atoms with Crippen LogP contribution in [0.25, 0.3) is 10.8 Å². The van der Waals surface area contributed by atoms with Crippen molar-refractivity contribution in [1.29, 1.82) is 5.41 Å². The molecule has 0 saturated heterocycles. The number of nitrogens with zero attached hydrogens (tertiary/aromatic N) is 1. The quantitative estimate of drug-likeness (QED) is 0.442. The van der Waals surface area contributed by atoms with Crippen LogP contribution in [-0.2, 0) is 0 Å². The average molecular weight is 225 g/mol. The molecule has 0 aliphatic rings. The van der Waals surface area contributed by atoms with Crippen molar-refractivity contribution in [2.45, 2.75) is 0 Å². The summed E-state index contributed by atoms with van der Waals surface area (Å²) in [7, 11) is 0. The Kier molecular flexibility index (Phi) is 2.26. The number of amidine groups is 1. The molecule has 0 aliphatic carbocycles. The monoisotopic (exact) mass is 225 g/mol. The summed E-state index contributed by atoms with van der Waals surface area (Å²) in [6.07, 6.45) is 1.25. The molecule has 3 nitrogen and oxygen atoms in total. The van der Waals surface area contributed by atoms with E-state index in [1.165, 1.54) is 12.3 Å². The number of halogens is 3. The smallest absolute Gasteiger partial charge is 0.195 e. The minimum Gasteiger partial charge on any atom is -0.382 e. The predicted octanol–water partition coefficient (Wildman–Crippen LogP) is 1.94. The molecule has 1 aromatic carbocycles. The van der Waals surface area contributed by atoms with Gasteiger partial charge in [0, 0.05) is 6.20 Å². The van der Waals surface area contributed by atoms with Gasteiger partial charge in [-0.1, -0.05) is 0 Å². The fourth-order valence-corrected chi connectivity index (χ4v) is 1.45. The molecule has 1 heterocycles. The highest BCUT2D eigenvalue weighted by atomic mass is 19.2. The highest BCUT2D eigenvalue weighted by molar-refractivity contribution is 6.05. The van der Waals surface area contributed by atoms with E-state index in [-0.39, 0.29) is 16.5 Å². The Morgan fingerprint density at radius 3 is 2.56 bits per heavy atom. The number of pyridine rings is 1. The van der Waals surface area contributed by atoms with Crippen molar-refractivity contribution in [2.75, 3.05) is 0 Å². The summed E-state index contributed by atoms with van der Waals surface area (Å²) in [6, 6.07) is 2.15. The Hall–Kier alpha value is -2.11. The first-order valence-electron chi connectivity index (χ1n) is 4.29. The van der Waals surface area contributed by atoms with Crippen molar-refractivity contribution < 1.29 is 13.2 Å². The summed E-state index contributed by atoms with van der Waals surface area (Å²) in [5, 5.41) is 7.00. The third-order valence-corrected chi connectivity index (χ3v) is 2.14. The molecule has 1 aromatic heterocycles. The van der Waals surface area contributed by atoms with Crippen LogP contribution in [0.2, 0.25) is 0 Å². The maximum absolute atomic E-state index is 13.5. The van der Waals surface area contributed by atoms with Gasteiger partial charge in [0.2, 0.25) is 0 Å². The highest BCUT2D eigenvalue weighted by Crippen LogP contribution is 2.24. The van der Waals surface area contributed by atoms with Crippen molar-refractivity contribution in [3.63, 3.8) is 0 Å². The van der Waals surface area contributed by atoms with E-state index in [1.807, 2.05) is 0 Å². The van der Waals surface area contributed by atoms with Gasteiger partial charge < -0.3 is 5.73 Å². The summed E-state index contributed by atoms with van der Waals surface area (Å²) in [5.41, 5.74) is 4.97. The van der Waals surface area contributed by atoms with E-state index in [1.54, 1.807) is 0 Å². The summed E-state index contributed by atoms with van der Waals surface area (Å²) < 4.78 is 39.4. The van der Waals surface area contributed by atoms with Crippen LogP contribution in [0.1, 0.15) is 5.69 Å². The molecule has 0 spiro atoms. The lowest BCUT2D eigenvalue weighted by Crippen LogP contribution is -2.14. The number of fused-ring (bicyclic) bond motifs is 1. The highest BCUT2D eigenvalue weighted by Gasteiger charge is 2.17. The van der Waals surface area contributed by atoms with Crippen molar-refractivity contribution in [3.8, 4) is 0 Å². The Labute approximate surface area is 88.2 Å². The van der Waals surface area contributed by atoms with E-state index in [4.69, 9.17) is 11.1 Å². The lowest BCUT2D eigenvalue weighted by Gasteiger charge is -2.06. The lowest BCUT2D eigenvalue weighted by molar-refractivity contribution is 0.453. The molecule has 2 aromatic rings. The fourth-order valence-electron chi connectivity index (χ4n) is 1.45. The molecule has 0 bridgehead atoms. The maximum Gasteiger partial charge on any atom is 0.195 e. The van der Waals surface area contributed by atoms with Gasteiger partial charge in [-0.25, -0.2) is 13.2 Å². The second kappa shape index (κ2) is 3.48. The van der Waals surface area contributed by atoms with Gasteiger partial charge in [-0.15, -0.1) is 0 Å². The molecular weight excluding hydrogens is 219 g/mol. The van der Waals surface area contributed by atoms with Crippen LogP contribution in [0, 0.1) is 22.9 Å². The van der Waals surface area contributed by atoms with E-state index in [9.17, 15) is 13.2 Å². The van der Waals surface area contributed by atoms with Crippen LogP contribution in [0.3, 0.4) is 0 Å². The van der Waals surface area contributed by atoms with Gasteiger partial charge in [0.05, 0.1) is 5.39 Å². The number of nitrogens with two attached hydrogens (primary N) is 1. The van der Waals surface area contributed by atoms with Crippen LogP contribution in [0.5, 0.6) is 0 Å². The van der Waals surface area contributed by atoms with Gasteiger partial charge in [-0.05, 0) is 17.5 Å². The summed E-state index contributed by atoms with van der Waals surface area (Å²) in [5.74, 6) is -4.77. The van der Waals surface area contributed by atoms with Gasteiger partial charge in [0.15, 0.2) is 17.5 Å². The SMILES string of the molecule is N=C(N)c1nccc2cc(F)c(F)c(F)c12. The minimum atomic E-state index is -1.59. The van der Waals surface area contributed by atoms with E-state index >= 15 is 0 Å². The zero-order valence-electron chi connectivity index (χ0n) is 7.89. The number of aromatic nitrogens is 1. The molecule has 0 fully saturated rings. The van der Waals surface area contributed by atoms with Crippen molar-refractivity contribution in [1.82, 2.24) is 4.98 Å². The zero-order valence-corrected chi connectivity index (χ0v) is 7.89. The first kappa shape index (κ1) is 10.4. The van der Waals surface area contributed by atoms with Crippen LogP contribution >= 0.6 is 0 Å². The molecule has 82 valence electrons. The molecule has 3 N–H and O–H groups in total. The van der Waals surface area contributed by atoms with Crippen molar-refractivity contribution in [2.24, 2.45) is 5.73 Å². The molecule has 0 amide bonds. The number of hydrogen-bond acceptors (Lipinski definition) is 2. The zero-order chi connectivity index (χ0) is 11.9. The second-order valence-electron chi connectivity index (χ2n) is 3.16. The number of rotatable bonds is 1. The predicted molar refractivity (Wildman–Crippen MR) is 52.6 cm³/mol. The first-order chi connectivity index (χ1) is 7.52. The Balaban J connectivity index is 2.97. The lowest BCUT2D eigenvalue weighted by atomic mass is 10.1. The van der Waals surface area contributed by atoms with Crippen LogP contribution in [-0.4, -0.2) is 10.8 Å². The van der Waals surface area contributed by atoms with Crippen LogP contribution in [0.15, 0.2) is 18.3 Å². The Morgan fingerprint density at radius 2 is 1.94 bits per heavy atom. The summed E-state index contributed by atoms with van der Waals surface area (Å²) in [4.78, 5) is 3.66.